The fraction of sp³-hybridized carbons (Fsp3) is 0.222. The fourth-order valence-corrected chi connectivity index (χ4v) is 1.21. The van der Waals surface area contributed by atoms with Gasteiger partial charge in [-0.3, -0.25) is 0 Å². The van der Waals surface area contributed by atoms with Crippen LogP contribution in [0.5, 0.6) is 0 Å². The second-order valence-electron chi connectivity index (χ2n) is 2.56. The molecular formula is C9H10ClNO. The first-order chi connectivity index (χ1) is 5.74. The molecule has 0 atom stereocenters. The molecule has 64 valence electrons. The molecule has 0 unspecified atom stereocenters. The zero-order valence-corrected chi connectivity index (χ0v) is 7.34. The maximum Gasteiger partial charge on any atom is 0.120 e. The van der Waals surface area contributed by atoms with Gasteiger partial charge in [0.05, 0.1) is 0 Å². The van der Waals surface area contributed by atoms with Crippen LogP contribution in [0.15, 0.2) is 18.2 Å². The highest BCUT2D eigenvalue weighted by molar-refractivity contribution is 6.31. The van der Waals surface area contributed by atoms with Crippen LogP contribution < -0.4 is 5.73 Å². The number of hydrogen-bond donors (Lipinski definition) is 1. The van der Waals surface area contributed by atoms with Gasteiger partial charge < -0.3 is 10.5 Å². The molecule has 0 fully saturated rings. The number of nitrogen functional groups attached to an aromatic ring is 1. The molecule has 3 heteroatoms. The van der Waals surface area contributed by atoms with Crippen molar-refractivity contribution in [3.63, 3.8) is 0 Å². The summed E-state index contributed by atoms with van der Waals surface area (Å²) in [5, 5.41) is 0.672. The van der Waals surface area contributed by atoms with Crippen LogP contribution >= 0.6 is 11.6 Å². The van der Waals surface area contributed by atoms with Crippen molar-refractivity contribution in [2.24, 2.45) is 0 Å². The molecule has 0 radical (unpaired) electrons. The fourth-order valence-electron chi connectivity index (χ4n) is 1.00. The lowest BCUT2D eigenvalue weighted by Crippen LogP contribution is -1.91. The lowest BCUT2D eigenvalue weighted by Gasteiger charge is -2.02. The van der Waals surface area contributed by atoms with Crippen LogP contribution in [-0.4, -0.2) is 6.29 Å². The topological polar surface area (TPSA) is 43.1 Å². The predicted molar refractivity (Wildman–Crippen MR) is 50.2 cm³/mol. The third-order valence-corrected chi connectivity index (χ3v) is 1.97. The smallest absolute Gasteiger partial charge is 0.120 e. The normalized spacial score (nSPS) is 9.75. The Labute approximate surface area is 76.3 Å². The highest BCUT2D eigenvalue weighted by Crippen LogP contribution is 2.19. The number of hydrogen-bond acceptors (Lipinski definition) is 2. The minimum Gasteiger partial charge on any atom is -0.399 e. The summed E-state index contributed by atoms with van der Waals surface area (Å²) < 4.78 is 0. The number of nitrogens with two attached hydrogens (primary N) is 1. The molecule has 12 heavy (non-hydrogen) atoms. The van der Waals surface area contributed by atoms with Crippen LogP contribution in [0.3, 0.4) is 0 Å². The molecule has 0 aliphatic carbocycles. The van der Waals surface area contributed by atoms with Crippen molar-refractivity contribution in [1.29, 1.82) is 0 Å². The first kappa shape index (κ1) is 9.07. The van der Waals surface area contributed by atoms with Crippen LogP contribution in [0.1, 0.15) is 12.0 Å². The average molecular weight is 184 g/mol. The van der Waals surface area contributed by atoms with Crippen LogP contribution in [0.25, 0.3) is 0 Å². The Hall–Kier alpha value is -1.02. The molecule has 1 aromatic carbocycles. The number of carbonyl (C=O) groups is 1. The summed E-state index contributed by atoms with van der Waals surface area (Å²) in [4.78, 5) is 10.1. The van der Waals surface area contributed by atoms with Gasteiger partial charge in [-0.05, 0) is 30.2 Å². The molecule has 1 aromatic rings. The number of aldehydes is 1. The largest absolute Gasteiger partial charge is 0.399 e. The Morgan fingerprint density at radius 2 is 2.25 bits per heavy atom. The number of anilines is 1. The summed E-state index contributed by atoms with van der Waals surface area (Å²) in [6, 6.07) is 5.29. The van der Waals surface area contributed by atoms with Crippen LogP contribution in [-0.2, 0) is 11.2 Å². The van der Waals surface area contributed by atoms with E-state index in [-0.39, 0.29) is 0 Å². The highest BCUT2D eigenvalue weighted by Gasteiger charge is 1.99. The van der Waals surface area contributed by atoms with E-state index >= 15 is 0 Å². The monoisotopic (exact) mass is 183 g/mol. The van der Waals surface area contributed by atoms with Gasteiger partial charge in [-0.25, -0.2) is 0 Å². The summed E-state index contributed by atoms with van der Waals surface area (Å²) in [6.45, 7) is 0. The van der Waals surface area contributed by atoms with Gasteiger partial charge in [0.25, 0.3) is 0 Å². The summed E-state index contributed by atoms with van der Waals surface area (Å²) in [5.41, 5.74) is 7.17. The van der Waals surface area contributed by atoms with E-state index in [0.29, 0.717) is 23.6 Å². The lowest BCUT2D eigenvalue weighted by atomic mass is 10.1. The van der Waals surface area contributed by atoms with Crippen LogP contribution in [0.4, 0.5) is 5.69 Å². The first-order valence-corrected chi connectivity index (χ1v) is 4.09. The van der Waals surface area contributed by atoms with Crippen molar-refractivity contribution in [3.05, 3.63) is 28.8 Å². The lowest BCUT2D eigenvalue weighted by molar-refractivity contribution is -0.107. The Balaban J connectivity index is 2.82. The van der Waals surface area contributed by atoms with Gasteiger partial charge in [0.1, 0.15) is 6.29 Å². The van der Waals surface area contributed by atoms with Crippen molar-refractivity contribution in [1.82, 2.24) is 0 Å². The van der Waals surface area contributed by atoms with E-state index in [0.717, 1.165) is 11.8 Å². The molecule has 1 rings (SSSR count). The highest BCUT2D eigenvalue weighted by atomic mass is 35.5. The van der Waals surface area contributed by atoms with Crippen molar-refractivity contribution in [3.8, 4) is 0 Å². The van der Waals surface area contributed by atoms with Gasteiger partial charge in [-0.2, -0.15) is 0 Å². The van der Waals surface area contributed by atoms with E-state index in [1.165, 1.54) is 0 Å². The van der Waals surface area contributed by atoms with Gasteiger partial charge in [0, 0.05) is 17.1 Å². The van der Waals surface area contributed by atoms with E-state index in [1.54, 1.807) is 18.2 Å². The first-order valence-electron chi connectivity index (χ1n) is 3.71. The molecule has 0 saturated heterocycles. The SMILES string of the molecule is Nc1ccc(Cl)c(CCC=O)c1. The number of carbonyl (C=O) groups excluding carboxylic acids is 1. The summed E-state index contributed by atoms with van der Waals surface area (Å²) in [7, 11) is 0. The second kappa shape index (κ2) is 4.12. The molecule has 0 aliphatic heterocycles. The van der Waals surface area contributed by atoms with Gasteiger partial charge >= 0.3 is 0 Å². The molecule has 0 bridgehead atoms. The van der Waals surface area contributed by atoms with E-state index in [1.807, 2.05) is 0 Å². The van der Waals surface area contributed by atoms with Crippen molar-refractivity contribution >= 4 is 23.6 Å². The number of halogens is 1. The van der Waals surface area contributed by atoms with E-state index < -0.39 is 0 Å². The second-order valence-corrected chi connectivity index (χ2v) is 2.96. The molecule has 0 saturated carbocycles. The molecule has 0 amide bonds. The van der Waals surface area contributed by atoms with Gasteiger partial charge in [0.2, 0.25) is 0 Å². The zero-order chi connectivity index (χ0) is 8.97. The Bertz CT molecular complexity index is 286. The average Bonchev–Trinajstić information content (AvgIpc) is 2.07. The summed E-state index contributed by atoms with van der Waals surface area (Å²) in [6.07, 6.45) is 2.02. The Morgan fingerprint density at radius 3 is 2.92 bits per heavy atom. The molecule has 2 nitrogen and oxygen atoms in total. The van der Waals surface area contributed by atoms with Gasteiger partial charge in [-0.15, -0.1) is 0 Å². The molecule has 0 heterocycles. The zero-order valence-electron chi connectivity index (χ0n) is 6.59. The van der Waals surface area contributed by atoms with Crippen LogP contribution in [0, 0.1) is 0 Å². The van der Waals surface area contributed by atoms with E-state index in [2.05, 4.69) is 0 Å². The van der Waals surface area contributed by atoms with Gasteiger partial charge in [-0.1, -0.05) is 11.6 Å². The third kappa shape index (κ3) is 2.24. The van der Waals surface area contributed by atoms with Crippen molar-refractivity contribution in [2.45, 2.75) is 12.8 Å². The van der Waals surface area contributed by atoms with E-state index in [4.69, 9.17) is 17.3 Å². The van der Waals surface area contributed by atoms with Crippen LogP contribution in [0.2, 0.25) is 5.02 Å². The summed E-state index contributed by atoms with van der Waals surface area (Å²) in [5.74, 6) is 0. The molecule has 0 spiro atoms. The quantitative estimate of drug-likeness (QED) is 0.576. The molecule has 2 N–H and O–H groups in total. The third-order valence-electron chi connectivity index (χ3n) is 1.60. The van der Waals surface area contributed by atoms with Crippen molar-refractivity contribution < 1.29 is 4.79 Å². The van der Waals surface area contributed by atoms with E-state index in [9.17, 15) is 4.79 Å². The maximum absolute atomic E-state index is 10.1. The minimum absolute atomic E-state index is 0.489. The Kier molecular flexibility index (Phi) is 3.11. The predicted octanol–water partition coefficient (Wildman–Crippen LogP) is 2.05. The van der Waals surface area contributed by atoms with Crippen molar-refractivity contribution in [2.75, 3.05) is 5.73 Å². The number of aryl methyl sites for hydroxylation is 1. The standard InChI is InChI=1S/C9H10ClNO/c10-9-4-3-8(11)6-7(9)2-1-5-12/h3-6H,1-2,11H2. The maximum atomic E-state index is 10.1. The summed E-state index contributed by atoms with van der Waals surface area (Å²) >= 11 is 5.86. The number of benzene rings is 1. The van der Waals surface area contributed by atoms with Gasteiger partial charge in [0.15, 0.2) is 0 Å². The number of rotatable bonds is 3. The molecule has 0 aromatic heterocycles. The Morgan fingerprint density at radius 1 is 1.50 bits per heavy atom. The molecular weight excluding hydrogens is 174 g/mol. The minimum atomic E-state index is 0.489. The molecule has 0 aliphatic rings.